The number of fused-ring (bicyclic) bond motifs is 1. The van der Waals surface area contributed by atoms with Crippen LogP contribution >= 0.6 is 0 Å². The summed E-state index contributed by atoms with van der Waals surface area (Å²) in [7, 11) is 0. The number of benzene rings is 2. The van der Waals surface area contributed by atoms with Crippen molar-refractivity contribution in [3.63, 3.8) is 0 Å². The minimum Gasteiger partial charge on any atom is -0.325 e. The summed E-state index contributed by atoms with van der Waals surface area (Å²) in [6.07, 6.45) is 0.801. The van der Waals surface area contributed by atoms with Gasteiger partial charge in [-0.2, -0.15) is 0 Å². The van der Waals surface area contributed by atoms with Crippen molar-refractivity contribution in [3.8, 4) is 0 Å². The molecule has 2 aromatic rings. The minimum atomic E-state index is -0.543. The van der Waals surface area contributed by atoms with E-state index in [0.717, 1.165) is 56.5 Å². The maximum atomic E-state index is 13.8. The van der Waals surface area contributed by atoms with E-state index in [-0.39, 0.29) is 11.8 Å². The molecule has 0 spiro atoms. The Morgan fingerprint density at radius 2 is 1.74 bits per heavy atom. The number of amides is 1. The number of hydrogen-bond donors (Lipinski definition) is 1. The predicted molar refractivity (Wildman–Crippen MR) is 101 cm³/mol. The van der Waals surface area contributed by atoms with E-state index >= 15 is 0 Å². The number of carbonyl (C=O) groups excluding carboxylic acids is 1. The van der Waals surface area contributed by atoms with Crippen LogP contribution in [0.3, 0.4) is 0 Å². The number of hydrogen-bond acceptors (Lipinski definition) is 3. The lowest BCUT2D eigenvalue weighted by atomic mass is 9.97. The van der Waals surface area contributed by atoms with E-state index in [1.807, 2.05) is 24.3 Å². The van der Waals surface area contributed by atoms with Crippen molar-refractivity contribution in [2.75, 3.05) is 38.0 Å². The number of para-hydroxylation sites is 1. The highest BCUT2D eigenvalue weighted by Gasteiger charge is 2.30. The van der Waals surface area contributed by atoms with Gasteiger partial charge in [0, 0.05) is 50.0 Å². The molecule has 1 amide bonds. The van der Waals surface area contributed by atoms with Crippen LogP contribution in [0, 0.1) is 11.6 Å². The second-order valence-electron chi connectivity index (χ2n) is 7.27. The van der Waals surface area contributed by atoms with Gasteiger partial charge in [-0.1, -0.05) is 24.3 Å². The highest BCUT2D eigenvalue weighted by molar-refractivity contribution is 6.02. The molecular weight excluding hydrogens is 348 g/mol. The quantitative estimate of drug-likeness (QED) is 0.877. The first-order chi connectivity index (χ1) is 13.1. The van der Waals surface area contributed by atoms with E-state index in [0.29, 0.717) is 12.1 Å². The van der Waals surface area contributed by atoms with Crippen LogP contribution in [-0.2, 0) is 11.3 Å². The van der Waals surface area contributed by atoms with Gasteiger partial charge in [-0.3, -0.25) is 9.69 Å². The molecule has 0 radical (unpaired) electrons. The molecule has 1 atom stereocenters. The molecule has 2 aromatic carbocycles. The SMILES string of the molecule is O=C1Nc2ccccc2C1CCN1CCN(Cc2ccc(F)cc2F)CC1. The first-order valence-corrected chi connectivity index (χ1v) is 9.38. The molecule has 0 aromatic heterocycles. The summed E-state index contributed by atoms with van der Waals surface area (Å²) in [6, 6.07) is 11.6. The molecule has 4 nitrogen and oxygen atoms in total. The van der Waals surface area contributed by atoms with Crippen molar-refractivity contribution in [3.05, 3.63) is 65.2 Å². The molecule has 1 fully saturated rings. The maximum absolute atomic E-state index is 13.8. The van der Waals surface area contributed by atoms with Crippen LogP contribution in [0.15, 0.2) is 42.5 Å². The van der Waals surface area contributed by atoms with E-state index in [4.69, 9.17) is 0 Å². The fraction of sp³-hybridized carbons (Fsp3) is 0.381. The van der Waals surface area contributed by atoms with Crippen LogP contribution in [0.25, 0.3) is 0 Å². The lowest BCUT2D eigenvalue weighted by Crippen LogP contribution is -2.46. The summed E-state index contributed by atoms with van der Waals surface area (Å²) >= 11 is 0. The third-order valence-electron chi connectivity index (χ3n) is 5.52. The molecule has 4 rings (SSSR count). The zero-order chi connectivity index (χ0) is 18.8. The molecule has 0 saturated carbocycles. The molecule has 27 heavy (non-hydrogen) atoms. The summed E-state index contributed by atoms with van der Waals surface area (Å²) in [5.74, 6) is -1.02. The summed E-state index contributed by atoms with van der Waals surface area (Å²) in [4.78, 5) is 16.8. The number of anilines is 1. The van der Waals surface area contributed by atoms with Crippen molar-refractivity contribution >= 4 is 11.6 Å². The van der Waals surface area contributed by atoms with Crippen LogP contribution in [0.5, 0.6) is 0 Å². The van der Waals surface area contributed by atoms with Crippen molar-refractivity contribution in [2.24, 2.45) is 0 Å². The Morgan fingerprint density at radius 3 is 2.52 bits per heavy atom. The fourth-order valence-electron chi connectivity index (χ4n) is 3.94. The molecule has 0 aliphatic carbocycles. The van der Waals surface area contributed by atoms with Gasteiger partial charge in [0.2, 0.25) is 5.91 Å². The normalized spacial score (nSPS) is 20.5. The summed E-state index contributed by atoms with van der Waals surface area (Å²) in [5.41, 5.74) is 2.55. The van der Waals surface area contributed by atoms with E-state index < -0.39 is 11.6 Å². The standard InChI is InChI=1S/C21H23F2N3O/c22-16-6-5-15(19(23)13-16)14-26-11-9-25(10-12-26)8-7-18-17-3-1-2-4-20(17)24-21(18)27/h1-6,13,18H,7-12,14H2,(H,24,27). The van der Waals surface area contributed by atoms with Crippen LogP contribution in [0.2, 0.25) is 0 Å². The average Bonchev–Trinajstić information content (AvgIpc) is 2.98. The van der Waals surface area contributed by atoms with Gasteiger partial charge in [0.15, 0.2) is 0 Å². The number of carbonyl (C=O) groups is 1. The lowest BCUT2D eigenvalue weighted by Gasteiger charge is -2.35. The van der Waals surface area contributed by atoms with Gasteiger partial charge in [-0.25, -0.2) is 8.78 Å². The lowest BCUT2D eigenvalue weighted by molar-refractivity contribution is -0.117. The van der Waals surface area contributed by atoms with Gasteiger partial charge >= 0.3 is 0 Å². The molecule has 1 unspecified atom stereocenters. The number of nitrogens with one attached hydrogen (secondary N) is 1. The van der Waals surface area contributed by atoms with Crippen LogP contribution < -0.4 is 5.32 Å². The third kappa shape index (κ3) is 4.01. The van der Waals surface area contributed by atoms with E-state index in [2.05, 4.69) is 15.1 Å². The smallest absolute Gasteiger partial charge is 0.232 e. The molecule has 0 bridgehead atoms. The zero-order valence-corrected chi connectivity index (χ0v) is 15.1. The zero-order valence-electron chi connectivity index (χ0n) is 15.1. The summed E-state index contributed by atoms with van der Waals surface area (Å²) in [6.45, 7) is 4.82. The second kappa shape index (κ2) is 7.74. The number of halogens is 2. The van der Waals surface area contributed by atoms with Crippen molar-refractivity contribution in [1.29, 1.82) is 0 Å². The first kappa shape index (κ1) is 18.1. The number of nitrogens with zero attached hydrogens (tertiary/aromatic N) is 2. The van der Waals surface area contributed by atoms with Crippen molar-refractivity contribution < 1.29 is 13.6 Å². The molecule has 2 aliphatic rings. The molecule has 1 N–H and O–H groups in total. The average molecular weight is 371 g/mol. The molecule has 1 saturated heterocycles. The third-order valence-corrected chi connectivity index (χ3v) is 5.52. The molecular formula is C21H23F2N3O. The molecule has 2 aliphatic heterocycles. The highest BCUT2D eigenvalue weighted by Crippen LogP contribution is 2.34. The Labute approximate surface area is 157 Å². The molecule has 2 heterocycles. The fourth-order valence-corrected chi connectivity index (χ4v) is 3.94. The van der Waals surface area contributed by atoms with Crippen molar-refractivity contribution in [2.45, 2.75) is 18.9 Å². The summed E-state index contributed by atoms with van der Waals surface area (Å²) in [5, 5.41) is 2.95. The van der Waals surface area contributed by atoms with E-state index in [1.54, 1.807) is 0 Å². The first-order valence-electron chi connectivity index (χ1n) is 9.38. The van der Waals surface area contributed by atoms with Crippen LogP contribution in [0.1, 0.15) is 23.5 Å². The predicted octanol–water partition coefficient (Wildman–Crippen LogP) is 3.21. The van der Waals surface area contributed by atoms with E-state index in [9.17, 15) is 13.6 Å². The van der Waals surface area contributed by atoms with Gasteiger partial charge < -0.3 is 10.2 Å². The van der Waals surface area contributed by atoms with Gasteiger partial charge in [0.05, 0.1) is 5.92 Å². The summed E-state index contributed by atoms with van der Waals surface area (Å²) < 4.78 is 26.8. The molecule has 142 valence electrons. The van der Waals surface area contributed by atoms with Crippen molar-refractivity contribution in [1.82, 2.24) is 9.80 Å². The Hall–Kier alpha value is -2.31. The molecule has 6 heteroatoms. The minimum absolute atomic E-state index is 0.0764. The Morgan fingerprint density at radius 1 is 1.00 bits per heavy atom. The van der Waals surface area contributed by atoms with Gasteiger partial charge in [0.25, 0.3) is 0 Å². The highest BCUT2D eigenvalue weighted by atomic mass is 19.1. The maximum Gasteiger partial charge on any atom is 0.232 e. The number of piperazine rings is 1. The van der Waals surface area contributed by atoms with Crippen LogP contribution in [-0.4, -0.2) is 48.4 Å². The second-order valence-corrected chi connectivity index (χ2v) is 7.27. The largest absolute Gasteiger partial charge is 0.325 e. The van der Waals surface area contributed by atoms with Gasteiger partial charge in [-0.15, -0.1) is 0 Å². The Kier molecular flexibility index (Phi) is 5.18. The van der Waals surface area contributed by atoms with E-state index in [1.165, 1.54) is 12.1 Å². The monoisotopic (exact) mass is 371 g/mol. The van der Waals surface area contributed by atoms with Crippen LogP contribution in [0.4, 0.5) is 14.5 Å². The van der Waals surface area contributed by atoms with Gasteiger partial charge in [-0.05, 0) is 30.7 Å². The topological polar surface area (TPSA) is 35.6 Å². The number of rotatable bonds is 5. The Balaban J connectivity index is 1.27. The Bertz CT molecular complexity index is 834. The van der Waals surface area contributed by atoms with Gasteiger partial charge in [0.1, 0.15) is 11.6 Å².